The van der Waals surface area contributed by atoms with Crippen molar-refractivity contribution in [2.75, 3.05) is 32.8 Å². The second kappa shape index (κ2) is 7.02. The number of aromatic nitrogens is 2. The van der Waals surface area contributed by atoms with Crippen molar-refractivity contribution in [2.24, 2.45) is 12.5 Å². The number of aryl methyl sites for hydroxylation is 2. The van der Waals surface area contributed by atoms with Crippen LogP contribution < -0.4 is 0 Å². The van der Waals surface area contributed by atoms with Gasteiger partial charge in [-0.25, -0.2) is 0 Å². The summed E-state index contributed by atoms with van der Waals surface area (Å²) >= 11 is 6.41. The molecule has 0 aromatic carbocycles. The zero-order chi connectivity index (χ0) is 17.3. The molecule has 7 heteroatoms. The fourth-order valence-electron chi connectivity index (χ4n) is 4.22. The first kappa shape index (κ1) is 17.7. The summed E-state index contributed by atoms with van der Waals surface area (Å²) in [4.78, 5) is 17.0. The van der Waals surface area contributed by atoms with E-state index in [9.17, 15) is 9.90 Å². The molecule has 1 aromatic rings. The second-order valence-electron chi connectivity index (χ2n) is 7.05. The maximum atomic E-state index is 12.9. The molecule has 1 N–H and O–H groups in total. The van der Waals surface area contributed by atoms with Crippen LogP contribution in [0.2, 0.25) is 5.15 Å². The van der Waals surface area contributed by atoms with Crippen LogP contribution in [0.15, 0.2) is 0 Å². The van der Waals surface area contributed by atoms with Gasteiger partial charge in [-0.05, 0) is 32.2 Å². The number of piperidine rings is 1. The molecular formula is C17H27ClN4O2. The number of amides is 1. The van der Waals surface area contributed by atoms with Gasteiger partial charge in [-0.15, -0.1) is 0 Å². The number of rotatable bonds is 5. The third kappa shape index (κ3) is 3.07. The van der Waals surface area contributed by atoms with Gasteiger partial charge in [-0.2, -0.15) is 5.10 Å². The lowest BCUT2D eigenvalue weighted by Gasteiger charge is -2.39. The molecule has 3 heterocycles. The molecule has 0 saturated carbocycles. The van der Waals surface area contributed by atoms with Crippen LogP contribution in [-0.2, 0) is 24.8 Å². The number of β-amino-alcohol motifs (C(OH)–C–C–N with tert-alkyl or cyclic N) is 1. The van der Waals surface area contributed by atoms with Crippen molar-refractivity contribution in [1.29, 1.82) is 0 Å². The van der Waals surface area contributed by atoms with Crippen molar-refractivity contribution in [3.05, 3.63) is 16.4 Å². The van der Waals surface area contributed by atoms with E-state index >= 15 is 0 Å². The summed E-state index contributed by atoms with van der Waals surface area (Å²) in [6.07, 6.45) is 3.73. The van der Waals surface area contributed by atoms with E-state index in [0.717, 1.165) is 63.1 Å². The molecule has 6 nitrogen and oxygen atoms in total. The van der Waals surface area contributed by atoms with Gasteiger partial charge < -0.3 is 10.0 Å². The number of carbonyl (C=O) groups is 1. The van der Waals surface area contributed by atoms with Gasteiger partial charge in [-0.3, -0.25) is 14.4 Å². The largest absolute Gasteiger partial charge is 0.395 e. The lowest BCUT2D eigenvalue weighted by molar-refractivity contribution is -0.146. The van der Waals surface area contributed by atoms with Gasteiger partial charge in [0.05, 0.1) is 17.7 Å². The summed E-state index contributed by atoms with van der Waals surface area (Å²) in [6.45, 7) is 5.80. The SMILES string of the molecule is CCc1nn(C)c(Cl)c1CN1CCC2(CCCN(CCO)C2=O)C1. The van der Waals surface area contributed by atoms with E-state index in [1.807, 2.05) is 11.9 Å². The highest BCUT2D eigenvalue weighted by molar-refractivity contribution is 6.30. The van der Waals surface area contributed by atoms with Crippen LogP contribution in [0.5, 0.6) is 0 Å². The monoisotopic (exact) mass is 354 g/mol. The molecule has 2 fully saturated rings. The standard InChI is InChI=1S/C17H27ClN4O2/c1-3-14-13(15(18)20(2)19-14)11-21-8-6-17(12-21)5-4-7-22(9-10-23)16(17)24/h23H,3-12H2,1-2H3. The fraction of sp³-hybridized carbons (Fsp3) is 0.765. The highest BCUT2D eigenvalue weighted by Crippen LogP contribution is 2.40. The molecule has 1 atom stereocenters. The third-order valence-electron chi connectivity index (χ3n) is 5.50. The smallest absolute Gasteiger partial charge is 0.230 e. The summed E-state index contributed by atoms with van der Waals surface area (Å²) in [5.74, 6) is 0.221. The second-order valence-corrected chi connectivity index (χ2v) is 7.41. The molecular weight excluding hydrogens is 328 g/mol. The quantitative estimate of drug-likeness (QED) is 0.869. The number of aliphatic hydroxyl groups excluding tert-OH is 1. The van der Waals surface area contributed by atoms with Crippen LogP contribution in [0.1, 0.15) is 37.4 Å². The Hall–Kier alpha value is -1.11. The van der Waals surface area contributed by atoms with E-state index < -0.39 is 0 Å². The maximum Gasteiger partial charge on any atom is 0.230 e. The van der Waals surface area contributed by atoms with Crippen LogP contribution in [-0.4, -0.2) is 63.4 Å². The molecule has 24 heavy (non-hydrogen) atoms. The van der Waals surface area contributed by atoms with Gasteiger partial charge in [0.1, 0.15) is 5.15 Å². The molecule has 1 unspecified atom stereocenters. The summed E-state index contributed by atoms with van der Waals surface area (Å²) in [5.41, 5.74) is 1.86. The molecule has 1 amide bonds. The van der Waals surface area contributed by atoms with Crippen molar-refractivity contribution in [1.82, 2.24) is 19.6 Å². The zero-order valence-electron chi connectivity index (χ0n) is 14.6. The minimum Gasteiger partial charge on any atom is -0.395 e. The van der Waals surface area contributed by atoms with Gasteiger partial charge in [0.25, 0.3) is 0 Å². The number of hydrogen-bond acceptors (Lipinski definition) is 4. The van der Waals surface area contributed by atoms with Gasteiger partial charge in [0, 0.05) is 38.8 Å². The normalized spacial score (nSPS) is 25.2. The predicted octanol–water partition coefficient (Wildman–Crippen LogP) is 1.44. The van der Waals surface area contributed by atoms with Crippen LogP contribution >= 0.6 is 11.6 Å². The molecule has 0 radical (unpaired) electrons. The van der Waals surface area contributed by atoms with Crippen molar-refractivity contribution in [3.8, 4) is 0 Å². The number of halogens is 1. The number of likely N-dealkylation sites (tertiary alicyclic amines) is 2. The van der Waals surface area contributed by atoms with E-state index in [2.05, 4.69) is 16.9 Å². The molecule has 0 aliphatic carbocycles. The van der Waals surface area contributed by atoms with Crippen LogP contribution in [0, 0.1) is 5.41 Å². The van der Waals surface area contributed by atoms with E-state index in [1.54, 1.807) is 4.68 Å². The van der Waals surface area contributed by atoms with Crippen molar-refractivity contribution in [3.63, 3.8) is 0 Å². The van der Waals surface area contributed by atoms with E-state index in [4.69, 9.17) is 11.6 Å². The molecule has 1 aromatic heterocycles. The number of hydrogen-bond donors (Lipinski definition) is 1. The summed E-state index contributed by atoms with van der Waals surface area (Å²) in [6, 6.07) is 0. The lowest BCUT2D eigenvalue weighted by Crippen LogP contribution is -2.50. The topological polar surface area (TPSA) is 61.6 Å². The highest BCUT2D eigenvalue weighted by Gasteiger charge is 2.48. The fourth-order valence-corrected chi connectivity index (χ4v) is 4.43. The molecule has 3 rings (SSSR count). The average molecular weight is 355 g/mol. The lowest BCUT2D eigenvalue weighted by atomic mass is 9.78. The van der Waals surface area contributed by atoms with E-state index in [0.29, 0.717) is 11.7 Å². The van der Waals surface area contributed by atoms with Crippen LogP contribution in [0.4, 0.5) is 0 Å². The Bertz CT molecular complexity index is 616. The zero-order valence-corrected chi connectivity index (χ0v) is 15.3. The molecule has 0 bridgehead atoms. The van der Waals surface area contributed by atoms with Crippen molar-refractivity contribution < 1.29 is 9.90 Å². The molecule has 2 aliphatic rings. The Labute approximate surface area is 148 Å². The predicted molar refractivity (Wildman–Crippen MR) is 92.8 cm³/mol. The summed E-state index contributed by atoms with van der Waals surface area (Å²) < 4.78 is 1.73. The highest BCUT2D eigenvalue weighted by atomic mass is 35.5. The van der Waals surface area contributed by atoms with Crippen molar-refractivity contribution >= 4 is 17.5 Å². The van der Waals surface area contributed by atoms with E-state index in [-0.39, 0.29) is 17.9 Å². The first-order valence-electron chi connectivity index (χ1n) is 8.83. The van der Waals surface area contributed by atoms with Crippen LogP contribution in [0.25, 0.3) is 0 Å². The van der Waals surface area contributed by atoms with Crippen LogP contribution in [0.3, 0.4) is 0 Å². The number of nitrogens with zero attached hydrogens (tertiary/aromatic N) is 4. The number of aliphatic hydroxyl groups is 1. The van der Waals surface area contributed by atoms with Gasteiger partial charge in [0.2, 0.25) is 5.91 Å². The molecule has 2 saturated heterocycles. The van der Waals surface area contributed by atoms with Gasteiger partial charge in [-0.1, -0.05) is 18.5 Å². The van der Waals surface area contributed by atoms with Gasteiger partial charge >= 0.3 is 0 Å². The van der Waals surface area contributed by atoms with E-state index in [1.165, 1.54) is 0 Å². The Kier molecular flexibility index (Phi) is 5.18. The third-order valence-corrected chi connectivity index (χ3v) is 5.97. The summed E-state index contributed by atoms with van der Waals surface area (Å²) in [7, 11) is 1.87. The summed E-state index contributed by atoms with van der Waals surface area (Å²) in [5, 5.41) is 14.4. The Balaban J connectivity index is 1.72. The first-order valence-corrected chi connectivity index (χ1v) is 9.21. The van der Waals surface area contributed by atoms with Crippen molar-refractivity contribution in [2.45, 2.75) is 39.2 Å². The Morgan fingerprint density at radius 3 is 2.83 bits per heavy atom. The minimum absolute atomic E-state index is 0.0384. The Morgan fingerprint density at radius 1 is 1.33 bits per heavy atom. The maximum absolute atomic E-state index is 12.9. The Morgan fingerprint density at radius 2 is 2.12 bits per heavy atom. The minimum atomic E-state index is -0.269. The molecule has 134 valence electrons. The average Bonchev–Trinajstić information content (AvgIpc) is 3.09. The molecule has 2 aliphatic heterocycles. The van der Waals surface area contributed by atoms with Gasteiger partial charge in [0.15, 0.2) is 0 Å². The first-order chi connectivity index (χ1) is 11.5. The molecule has 1 spiro atoms. The number of carbonyl (C=O) groups excluding carboxylic acids is 1.